The average Bonchev–Trinajstić information content (AvgIpc) is 2.95. The summed E-state index contributed by atoms with van der Waals surface area (Å²) in [7, 11) is 3.37. The highest BCUT2D eigenvalue weighted by Crippen LogP contribution is 2.47. The zero-order valence-electron chi connectivity index (χ0n) is 16.5. The monoisotopic (exact) mass is 353 g/mol. The predicted octanol–water partition coefficient (Wildman–Crippen LogP) is 4.71. The van der Waals surface area contributed by atoms with Crippen molar-refractivity contribution in [1.82, 2.24) is 0 Å². The van der Waals surface area contributed by atoms with Crippen molar-refractivity contribution in [3.8, 4) is 22.6 Å². The Bertz CT molecular complexity index is 830. The number of carbonyl (C=O) groups excluding carboxylic acids is 1. The first-order valence-electron chi connectivity index (χ1n) is 9.12. The number of hydrogen-bond donors (Lipinski definition) is 0. The van der Waals surface area contributed by atoms with Gasteiger partial charge in [-0.05, 0) is 60.2 Å². The van der Waals surface area contributed by atoms with Crippen LogP contribution in [0.3, 0.4) is 0 Å². The first kappa shape index (κ1) is 18.3. The Morgan fingerprint density at radius 2 is 1.69 bits per heavy atom. The van der Waals surface area contributed by atoms with Crippen LogP contribution in [0.25, 0.3) is 11.1 Å². The van der Waals surface area contributed by atoms with Gasteiger partial charge in [0.25, 0.3) is 0 Å². The van der Waals surface area contributed by atoms with E-state index in [2.05, 4.69) is 39.0 Å². The Morgan fingerprint density at radius 3 is 2.19 bits per heavy atom. The van der Waals surface area contributed by atoms with Gasteiger partial charge in [0.1, 0.15) is 11.5 Å². The maximum atomic E-state index is 12.5. The summed E-state index contributed by atoms with van der Waals surface area (Å²) in [5.41, 5.74) is 6.32. The molecule has 0 radical (unpaired) electrons. The van der Waals surface area contributed by atoms with Crippen LogP contribution in [0.4, 0.5) is 5.69 Å². The van der Waals surface area contributed by atoms with Crippen molar-refractivity contribution < 1.29 is 14.3 Å². The standard InChI is InChI=1S/C22H27NO3/c1-7-23-17-9-8-14(4)21(16(17)12-20(23)24)22-18(25-5)10-15(13(2)3)11-19(22)26-6/h8-11,13H,7,12H2,1-6H3. The minimum Gasteiger partial charge on any atom is -0.496 e. The molecule has 0 aliphatic carbocycles. The Morgan fingerprint density at radius 1 is 1.08 bits per heavy atom. The number of rotatable bonds is 5. The van der Waals surface area contributed by atoms with E-state index in [4.69, 9.17) is 9.47 Å². The molecule has 0 aromatic heterocycles. The largest absolute Gasteiger partial charge is 0.496 e. The van der Waals surface area contributed by atoms with Gasteiger partial charge in [-0.25, -0.2) is 0 Å². The van der Waals surface area contributed by atoms with Crippen LogP contribution in [0.15, 0.2) is 24.3 Å². The molecule has 0 saturated heterocycles. The van der Waals surface area contributed by atoms with Crippen LogP contribution in [0.1, 0.15) is 43.4 Å². The summed E-state index contributed by atoms with van der Waals surface area (Å²) in [5.74, 6) is 2.08. The van der Waals surface area contributed by atoms with Gasteiger partial charge >= 0.3 is 0 Å². The molecule has 3 rings (SSSR count). The third-order valence-corrected chi connectivity index (χ3v) is 5.18. The summed E-state index contributed by atoms with van der Waals surface area (Å²) >= 11 is 0. The molecule has 0 spiro atoms. The van der Waals surface area contributed by atoms with Crippen LogP contribution >= 0.6 is 0 Å². The second-order valence-electron chi connectivity index (χ2n) is 7.03. The number of fused-ring (bicyclic) bond motifs is 1. The zero-order chi connectivity index (χ0) is 19.0. The van der Waals surface area contributed by atoms with Crippen molar-refractivity contribution in [3.63, 3.8) is 0 Å². The summed E-state index contributed by atoms with van der Waals surface area (Å²) in [4.78, 5) is 14.3. The lowest BCUT2D eigenvalue weighted by Gasteiger charge is -2.21. The van der Waals surface area contributed by atoms with Crippen molar-refractivity contribution >= 4 is 11.6 Å². The van der Waals surface area contributed by atoms with E-state index in [9.17, 15) is 4.79 Å². The number of likely N-dealkylation sites (N-methyl/N-ethyl adjacent to an activating group) is 1. The second-order valence-corrected chi connectivity index (χ2v) is 7.03. The normalized spacial score (nSPS) is 13.3. The topological polar surface area (TPSA) is 38.8 Å². The fourth-order valence-electron chi connectivity index (χ4n) is 3.77. The van der Waals surface area contributed by atoms with Crippen molar-refractivity contribution in [2.24, 2.45) is 0 Å². The molecule has 1 amide bonds. The smallest absolute Gasteiger partial charge is 0.231 e. The van der Waals surface area contributed by atoms with Gasteiger partial charge in [-0.3, -0.25) is 4.79 Å². The van der Waals surface area contributed by atoms with E-state index in [1.165, 1.54) is 5.56 Å². The molecule has 0 atom stereocenters. The number of amides is 1. The van der Waals surface area contributed by atoms with Gasteiger partial charge in [0.2, 0.25) is 5.91 Å². The lowest BCUT2D eigenvalue weighted by atomic mass is 9.90. The van der Waals surface area contributed by atoms with Crippen LogP contribution in [0, 0.1) is 6.92 Å². The number of methoxy groups -OCH3 is 2. The maximum absolute atomic E-state index is 12.5. The van der Waals surface area contributed by atoms with E-state index in [1.54, 1.807) is 14.2 Å². The van der Waals surface area contributed by atoms with Crippen LogP contribution < -0.4 is 14.4 Å². The molecular weight excluding hydrogens is 326 g/mol. The van der Waals surface area contributed by atoms with Gasteiger partial charge in [-0.1, -0.05) is 19.9 Å². The van der Waals surface area contributed by atoms with Gasteiger partial charge in [0, 0.05) is 12.2 Å². The number of benzene rings is 2. The molecule has 2 aromatic rings. The number of aryl methyl sites for hydroxylation is 1. The van der Waals surface area contributed by atoms with E-state index in [-0.39, 0.29) is 5.91 Å². The molecule has 0 saturated carbocycles. The summed E-state index contributed by atoms with van der Waals surface area (Å²) in [6.07, 6.45) is 0.415. The van der Waals surface area contributed by atoms with E-state index in [0.717, 1.165) is 39.4 Å². The number of carbonyl (C=O) groups is 1. The highest BCUT2D eigenvalue weighted by atomic mass is 16.5. The van der Waals surface area contributed by atoms with Gasteiger partial charge in [0.05, 0.1) is 26.2 Å². The average molecular weight is 353 g/mol. The summed E-state index contributed by atoms with van der Waals surface area (Å²) in [6.45, 7) is 9.05. The third kappa shape index (κ3) is 2.83. The van der Waals surface area contributed by atoms with Crippen molar-refractivity contribution in [2.75, 3.05) is 25.7 Å². The molecule has 4 heteroatoms. The quantitative estimate of drug-likeness (QED) is 0.781. The first-order chi connectivity index (χ1) is 12.4. The zero-order valence-corrected chi connectivity index (χ0v) is 16.5. The minimum atomic E-state index is 0.145. The molecule has 4 nitrogen and oxygen atoms in total. The van der Waals surface area contributed by atoms with Crippen LogP contribution in [-0.2, 0) is 11.2 Å². The number of nitrogens with zero attached hydrogens (tertiary/aromatic N) is 1. The van der Waals surface area contributed by atoms with E-state index < -0.39 is 0 Å². The van der Waals surface area contributed by atoms with E-state index >= 15 is 0 Å². The number of ether oxygens (including phenoxy) is 2. The number of hydrogen-bond acceptors (Lipinski definition) is 3. The third-order valence-electron chi connectivity index (χ3n) is 5.18. The fraction of sp³-hybridized carbons (Fsp3) is 0.409. The SMILES string of the molecule is CCN1C(=O)Cc2c1ccc(C)c2-c1c(OC)cc(C(C)C)cc1OC. The molecule has 0 unspecified atom stereocenters. The van der Waals surface area contributed by atoms with Crippen molar-refractivity contribution in [1.29, 1.82) is 0 Å². The molecule has 0 N–H and O–H groups in total. The van der Waals surface area contributed by atoms with Crippen molar-refractivity contribution in [2.45, 2.75) is 40.0 Å². The van der Waals surface area contributed by atoms with Crippen LogP contribution in [0.2, 0.25) is 0 Å². The lowest BCUT2D eigenvalue weighted by molar-refractivity contribution is -0.117. The first-order valence-corrected chi connectivity index (χ1v) is 9.12. The molecular formula is C22H27NO3. The Balaban J connectivity index is 2.32. The predicted molar refractivity (Wildman–Crippen MR) is 106 cm³/mol. The molecule has 2 aromatic carbocycles. The molecule has 0 fully saturated rings. The van der Waals surface area contributed by atoms with Gasteiger partial charge < -0.3 is 14.4 Å². The molecule has 1 heterocycles. The van der Waals surface area contributed by atoms with Crippen LogP contribution in [-0.4, -0.2) is 26.7 Å². The maximum Gasteiger partial charge on any atom is 0.231 e. The van der Waals surface area contributed by atoms with Crippen LogP contribution in [0.5, 0.6) is 11.5 Å². The summed E-state index contributed by atoms with van der Waals surface area (Å²) < 4.78 is 11.5. The highest BCUT2D eigenvalue weighted by molar-refractivity contribution is 6.05. The summed E-state index contributed by atoms with van der Waals surface area (Å²) in [5, 5.41) is 0. The molecule has 138 valence electrons. The fourth-order valence-corrected chi connectivity index (χ4v) is 3.77. The number of anilines is 1. The second kappa shape index (κ2) is 7.02. The van der Waals surface area contributed by atoms with E-state index in [1.807, 2.05) is 17.9 Å². The molecule has 1 aliphatic rings. The van der Waals surface area contributed by atoms with Crippen molar-refractivity contribution in [3.05, 3.63) is 41.0 Å². The van der Waals surface area contributed by atoms with E-state index in [0.29, 0.717) is 18.9 Å². The molecule has 26 heavy (non-hydrogen) atoms. The Labute approximate surface area is 155 Å². The minimum absolute atomic E-state index is 0.145. The van der Waals surface area contributed by atoms with Gasteiger partial charge in [-0.2, -0.15) is 0 Å². The molecule has 1 aliphatic heterocycles. The van der Waals surface area contributed by atoms with Gasteiger partial charge in [-0.15, -0.1) is 0 Å². The highest BCUT2D eigenvalue weighted by Gasteiger charge is 2.31. The van der Waals surface area contributed by atoms with Gasteiger partial charge in [0.15, 0.2) is 0 Å². The summed E-state index contributed by atoms with van der Waals surface area (Å²) in [6, 6.07) is 8.28. The molecule has 0 bridgehead atoms. The Hall–Kier alpha value is -2.49. The Kier molecular flexibility index (Phi) is 4.94. The lowest BCUT2D eigenvalue weighted by Crippen LogP contribution is -2.25.